The molecule has 2 heterocycles. The van der Waals surface area contributed by atoms with E-state index in [1.165, 1.54) is 18.2 Å². The largest absolute Gasteiger partial charge is 0.452 e. The number of carbonyl (C=O) groups is 2. The first-order valence-corrected chi connectivity index (χ1v) is 8.96. The van der Waals surface area contributed by atoms with Crippen molar-refractivity contribution in [2.45, 2.75) is 12.8 Å². The van der Waals surface area contributed by atoms with Crippen molar-refractivity contribution in [3.8, 4) is 0 Å². The first kappa shape index (κ1) is 17.9. The predicted octanol–water partition coefficient (Wildman–Crippen LogP) is 3.05. The van der Waals surface area contributed by atoms with Crippen molar-refractivity contribution < 1.29 is 19.2 Å². The van der Waals surface area contributed by atoms with Crippen molar-refractivity contribution >= 4 is 39.6 Å². The number of ether oxygens (including phenoxy) is 1. The summed E-state index contributed by atoms with van der Waals surface area (Å²) < 4.78 is 4.89. The molecule has 0 unspecified atom stereocenters. The lowest BCUT2D eigenvalue weighted by Crippen LogP contribution is -2.21. The van der Waals surface area contributed by atoms with Gasteiger partial charge in [-0.15, -0.1) is 0 Å². The topological polar surface area (TPSA) is 102 Å². The number of rotatable bonds is 6. The van der Waals surface area contributed by atoms with Gasteiger partial charge in [-0.05, 0) is 37.1 Å². The maximum Gasteiger partial charge on any atom is 0.339 e. The van der Waals surface area contributed by atoms with Gasteiger partial charge in [0.25, 0.3) is 5.91 Å². The predicted molar refractivity (Wildman–Crippen MR) is 97.8 cm³/mol. The Hall–Kier alpha value is -2.94. The summed E-state index contributed by atoms with van der Waals surface area (Å²) in [4.78, 5) is 36.0. The van der Waals surface area contributed by atoms with Gasteiger partial charge >= 0.3 is 11.0 Å². The number of benzene rings is 1. The molecule has 0 radical (unpaired) electrons. The second kappa shape index (κ2) is 7.96. The summed E-state index contributed by atoms with van der Waals surface area (Å²) >= 11 is 0.830. The molecule has 1 fully saturated rings. The van der Waals surface area contributed by atoms with E-state index in [4.69, 9.17) is 4.74 Å². The van der Waals surface area contributed by atoms with Crippen LogP contribution in [0.3, 0.4) is 0 Å². The van der Waals surface area contributed by atoms with Gasteiger partial charge in [-0.3, -0.25) is 14.9 Å². The van der Waals surface area contributed by atoms with Crippen LogP contribution in [0.4, 0.5) is 16.4 Å². The molecule has 1 aromatic carbocycles. The minimum absolute atomic E-state index is 0.0597. The minimum Gasteiger partial charge on any atom is -0.452 e. The van der Waals surface area contributed by atoms with E-state index in [1.807, 2.05) is 12.1 Å². The van der Waals surface area contributed by atoms with Crippen LogP contribution in [-0.4, -0.2) is 36.5 Å². The molecule has 3 rings (SSSR count). The molecule has 1 aromatic heterocycles. The van der Waals surface area contributed by atoms with Gasteiger partial charge in [0, 0.05) is 35.9 Å². The number of amides is 1. The first-order chi connectivity index (χ1) is 12.5. The molecule has 26 heavy (non-hydrogen) atoms. The second-order valence-electron chi connectivity index (χ2n) is 5.80. The molecule has 0 atom stereocenters. The number of hydrogen-bond donors (Lipinski definition) is 1. The van der Waals surface area contributed by atoms with Crippen LogP contribution in [0.25, 0.3) is 0 Å². The Kier molecular flexibility index (Phi) is 5.47. The average Bonchev–Trinajstić information content (AvgIpc) is 3.32. The fraction of sp³-hybridized carbons (Fsp3) is 0.294. The van der Waals surface area contributed by atoms with E-state index < -0.39 is 23.4 Å². The van der Waals surface area contributed by atoms with Crippen LogP contribution in [0.5, 0.6) is 0 Å². The van der Waals surface area contributed by atoms with Gasteiger partial charge in [-0.2, -0.15) is 0 Å². The zero-order valence-electron chi connectivity index (χ0n) is 13.8. The van der Waals surface area contributed by atoms with E-state index in [-0.39, 0.29) is 10.6 Å². The van der Waals surface area contributed by atoms with Crippen molar-refractivity contribution in [1.29, 1.82) is 0 Å². The lowest BCUT2D eigenvalue weighted by Gasteiger charge is -2.17. The smallest absolute Gasteiger partial charge is 0.339 e. The van der Waals surface area contributed by atoms with Crippen molar-refractivity contribution in [3.63, 3.8) is 0 Å². The molecule has 1 amide bonds. The molecule has 136 valence electrons. The van der Waals surface area contributed by atoms with Gasteiger partial charge in [-0.25, -0.2) is 4.79 Å². The Labute approximate surface area is 153 Å². The quantitative estimate of drug-likeness (QED) is 0.473. The van der Waals surface area contributed by atoms with Crippen LogP contribution in [0.15, 0.2) is 35.7 Å². The molecule has 0 saturated carbocycles. The number of esters is 1. The lowest BCUT2D eigenvalue weighted by molar-refractivity contribution is -0.380. The third kappa shape index (κ3) is 4.37. The Morgan fingerprint density at radius 2 is 1.92 bits per heavy atom. The minimum atomic E-state index is -0.770. The van der Waals surface area contributed by atoms with Gasteiger partial charge in [-0.1, -0.05) is 11.3 Å². The number of nitrogens with zero attached hydrogens (tertiary/aromatic N) is 2. The summed E-state index contributed by atoms with van der Waals surface area (Å²) in [6, 6.07) is 8.61. The first-order valence-electron chi connectivity index (χ1n) is 8.08. The fourth-order valence-electron chi connectivity index (χ4n) is 2.67. The molecule has 1 saturated heterocycles. The van der Waals surface area contributed by atoms with Gasteiger partial charge in [0.15, 0.2) is 6.61 Å². The molecule has 0 bridgehead atoms. The number of nitrogens with one attached hydrogen (secondary N) is 1. The Bertz CT molecular complexity index is 812. The van der Waals surface area contributed by atoms with Crippen molar-refractivity contribution in [2.24, 2.45) is 0 Å². The van der Waals surface area contributed by atoms with Crippen molar-refractivity contribution in [2.75, 3.05) is 29.9 Å². The summed E-state index contributed by atoms with van der Waals surface area (Å²) in [5.41, 5.74) is 1.79. The molecule has 1 N–H and O–H groups in total. The maximum absolute atomic E-state index is 11.9. The normalized spacial score (nSPS) is 13.5. The van der Waals surface area contributed by atoms with Gasteiger partial charge in [0.05, 0.1) is 10.5 Å². The number of carbonyl (C=O) groups excluding carboxylic acids is 2. The third-order valence-corrected chi connectivity index (χ3v) is 4.84. The Balaban J connectivity index is 1.48. The second-order valence-corrected chi connectivity index (χ2v) is 6.69. The van der Waals surface area contributed by atoms with E-state index in [0.717, 1.165) is 36.2 Å². The molecule has 8 nitrogen and oxygen atoms in total. The van der Waals surface area contributed by atoms with Crippen molar-refractivity contribution in [1.82, 2.24) is 0 Å². The molecule has 9 heteroatoms. The van der Waals surface area contributed by atoms with Crippen LogP contribution >= 0.6 is 11.3 Å². The van der Waals surface area contributed by atoms with Crippen LogP contribution in [0, 0.1) is 10.1 Å². The van der Waals surface area contributed by atoms with E-state index in [2.05, 4.69) is 10.2 Å². The summed E-state index contributed by atoms with van der Waals surface area (Å²) in [6.07, 6.45) is 2.38. The summed E-state index contributed by atoms with van der Waals surface area (Å²) in [5.74, 6) is -1.24. The summed E-state index contributed by atoms with van der Waals surface area (Å²) in [7, 11) is 0. The highest BCUT2D eigenvalue weighted by atomic mass is 32.1. The summed E-state index contributed by atoms with van der Waals surface area (Å²) in [5, 5.41) is 14.4. The SMILES string of the molecule is O=C(COC(=O)c1csc([N+](=O)[O-])c1)Nc1ccc(N2CCCC2)cc1. The Morgan fingerprint density at radius 1 is 1.23 bits per heavy atom. The molecule has 2 aromatic rings. The number of nitro groups is 1. The lowest BCUT2D eigenvalue weighted by atomic mass is 10.2. The van der Waals surface area contributed by atoms with Crippen LogP contribution in [0.1, 0.15) is 23.2 Å². The summed E-state index contributed by atoms with van der Waals surface area (Å²) in [6.45, 7) is 1.63. The highest BCUT2D eigenvalue weighted by Crippen LogP contribution is 2.23. The number of anilines is 2. The monoisotopic (exact) mass is 375 g/mol. The molecular formula is C17H17N3O5S. The zero-order valence-corrected chi connectivity index (χ0v) is 14.7. The van der Waals surface area contributed by atoms with Crippen LogP contribution in [0.2, 0.25) is 0 Å². The Morgan fingerprint density at radius 3 is 2.54 bits per heavy atom. The van der Waals surface area contributed by atoms with E-state index in [1.54, 1.807) is 12.1 Å². The van der Waals surface area contributed by atoms with Crippen LogP contribution in [-0.2, 0) is 9.53 Å². The number of thiophene rings is 1. The van der Waals surface area contributed by atoms with E-state index in [0.29, 0.717) is 5.69 Å². The van der Waals surface area contributed by atoms with Crippen LogP contribution < -0.4 is 10.2 Å². The van der Waals surface area contributed by atoms with E-state index >= 15 is 0 Å². The third-order valence-electron chi connectivity index (χ3n) is 3.96. The van der Waals surface area contributed by atoms with Crippen molar-refractivity contribution in [3.05, 3.63) is 51.4 Å². The molecule has 1 aliphatic heterocycles. The zero-order chi connectivity index (χ0) is 18.5. The average molecular weight is 375 g/mol. The molecule has 0 spiro atoms. The molecular weight excluding hydrogens is 358 g/mol. The van der Waals surface area contributed by atoms with E-state index in [9.17, 15) is 19.7 Å². The standard InChI is InChI=1S/C17H17N3O5S/c21-15(10-25-17(22)12-9-16(20(23)24)26-11-12)18-13-3-5-14(6-4-13)19-7-1-2-8-19/h3-6,9,11H,1-2,7-8,10H2,(H,18,21). The highest BCUT2D eigenvalue weighted by Gasteiger charge is 2.17. The highest BCUT2D eigenvalue weighted by molar-refractivity contribution is 7.13. The fourth-order valence-corrected chi connectivity index (χ4v) is 3.36. The number of hydrogen-bond acceptors (Lipinski definition) is 7. The van der Waals surface area contributed by atoms with Gasteiger partial charge < -0.3 is 15.0 Å². The molecule has 1 aliphatic rings. The van der Waals surface area contributed by atoms with Gasteiger partial charge in [0.1, 0.15) is 0 Å². The maximum atomic E-state index is 11.9. The van der Waals surface area contributed by atoms with Gasteiger partial charge in [0.2, 0.25) is 0 Å². The molecule has 0 aliphatic carbocycles.